The molecular weight excluding hydrogens is 142 g/mol. The van der Waals surface area contributed by atoms with Gasteiger partial charge in [-0.1, -0.05) is 5.57 Å². The predicted molar refractivity (Wildman–Crippen MR) is 42.4 cm³/mol. The number of carbonyl (C=O) groups is 1. The number of nitrogens with one attached hydrogen (secondary N) is 1. The molecule has 0 atom stereocenters. The molecule has 3 heteroatoms. The average Bonchev–Trinajstić information content (AvgIpc) is 2.63. The lowest BCUT2D eigenvalue weighted by molar-refractivity contribution is -0.131. The van der Waals surface area contributed by atoms with Crippen molar-refractivity contribution >= 4 is 5.97 Å². The fourth-order valence-electron chi connectivity index (χ4n) is 0.855. The molecule has 0 aliphatic heterocycles. The molecule has 3 nitrogen and oxygen atoms in total. The molecule has 0 saturated heterocycles. The fourth-order valence-corrected chi connectivity index (χ4v) is 0.855. The van der Waals surface area contributed by atoms with Crippen LogP contribution in [0.3, 0.4) is 0 Å². The summed E-state index contributed by atoms with van der Waals surface area (Å²) in [5, 5.41) is 11.6. The lowest BCUT2D eigenvalue weighted by atomic mass is 10.3. The molecule has 1 aliphatic rings. The average molecular weight is 155 g/mol. The molecule has 0 aromatic carbocycles. The van der Waals surface area contributed by atoms with Crippen LogP contribution < -0.4 is 5.32 Å². The smallest absolute Gasteiger partial charge is 0.328 e. The zero-order valence-electron chi connectivity index (χ0n) is 6.63. The van der Waals surface area contributed by atoms with E-state index in [-0.39, 0.29) is 0 Å². The Morgan fingerprint density at radius 1 is 1.73 bits per heavy atom. The van der Waals surface area contributed by atoms with Gasteiger partial charge in [-0.05, 0) is 19.8 Å². The van der Waals surface area contributed by atoms with E-state index in [1.807, 2.05) is 6.92 Å². The number of rotatable bonds is 4. The standard InChI is InChI=1S/C8H13NO2/c1-6(4-8(10)11)5-9-7-2-3-7/h4,7,9H,2-3,5H2,1H3,(H,10,11). The van der Waals surface area contributed by atoms with Crippen molar-refractivity contribution in [3.63, 3.8) is 0 Å². The summed E-state index contributed by atoms with van der Waals surface area (Å²) in [6.45, 7) is 2.53. The van der Waals surface area contributed by atoms with Crippen molar-refractivity contribution in [3.8, 4) is 0 Å². The van der Waals surface area contributed by atoms with E-state index in [1.54, 1.807) is 0 Å². The van der Waals surface area contributed by atoms with Crippen LogP contribution in [0.1, 0.15) is 19.8 Å². The van der Waals surface area contributed by atoms with Crippen molar-refractivity contribution in [2.24, 2.45) is 0 Å². The minimum atomic E-state index is -0.861. The Morgan fingerprint density at radius 2 is 2.36 bits per heavy atom. The van der Waals surface area contributed by atoms with Gasteiger partial charge in [0.05, 0.1) is 0 Å². The van der Waals surface area contributed by atoms with Crippen molar-refractivity contribution in [1.29, 1.82) is 0 Å². The third-order valence-corrected chi connectivity index (χ3v) is 1.62. The summed E-state index contributed by atoms with van der Waals surface area (Å²) in [6.07, 6.45) is 3.72. The van der Waals surface area contributed by atoms with Crippen LogP contribution in [0, 0.1) is 0 Å². The maximum Gasteiger partial charge on any atom is 0.328 e. The summed E-state index contributed by atoms with van der Waals surface area (Å²) in [6, 6.07) is 0.646. The van der Waals surface area contributed by atoms with Gasteiger partial charge >= 0.3 is 5.97 Å². The molecule has 0 heterocycles. The van der Waals surface area contributed by atoms with Crippen LogP contribution in [-0.2, 0) is 4.79 Å². The Morgan fingerprint density at radius 3 is 2.82 bits per heavy atom. The largest absolute Gasteiger partial charge is 0.478 e. The summed E-state index contributed by atoms with van der Waals surface area (Å²) < 4.78 is 0. The molecule has 0 radical (unpaired) electrons. The molecule has 0 aromatic heterocycles. The summed E-state index contributed by atoms with van der Waals surface area (Å²) in [4.78, 5) is 10.2. The molecule has 1 saturated carbocycles. The Hall–Kier alpha value is -0.830. The molecule has 0 aromatic rings. The molecular formula is C8H13NO2. The van der Waals surface area contributed by atoms with Gasteiger partial charge in [-0.2, -0.15) is 0 Å². The predicted octanol–water partition coefficient (Wildman–Crippen LogP) is 0.769. The van der Waals surface area contributed by atoms with Crippen LogP contribution >= 0.6 is 0 Å². The summed E-state index contributed by atoms with van der Waals surface area (Å²) >= 11 is 0. The zero-order chi connectivity index (χ0) is 8.27. The van der Waals surface area contributed by atoms with Gasteiger partial charge in [0.1, 0.15) is 0 Å². The maximum atomic E-state index is 10.2. The first-order valence-corrected chi connectivity index (χ1v) is 3.82. The molecule has 1 aliphatic carbocycles. The first-order valence-electron chi connectivity index (χ1n) is 3.82. The first-order chi connectivity index (χ1) is 5.18. The van der Waals surface area contributed by atoms with Crippen molar-refractivity contribution in [3.05, 3.63) is 11.6 Å². The Kier molecular flexibility index (Phi) is 2.65. The van der Waals surface area contributed by atoms with Crippen LogP contribution in [0.25, 0.3) is 0 Å². The van der Waals surface area contributed by atoms with Crippen LogP contribution in [0.5, 0.6) is 0 Å². The normalized spacial score (nSPS) is 18.5. The number of hydrogen-bond donors (Lipinski definition) is 2. The third kappa shape index (κ3) is 3.78. The van der Waals surface area contributed by atoms with Gasteiger partial charge in [0.15, 0.2) is 0 Å². The molecule has 0 unspecified atom stereocenters. The Balaban J connectivity index is 2.17. The third-order valence-electron chi connectivity index (χ3n) is 1.62. The van der Waals surface area contributed by atoms with Gasteiger partial charge < -0.3 is 10.4 Å². The molecule has 11 heavy (non-hydrogen) atoms. The van der Waals surface area contributed by atoms with Gasteiger partial charge in [0.2, 0.25) is 0 Å². The monoisotopic (exact) mass is 155 g/mol. The molecule has 0 spiro atoms. The van der Waals surface area contributed by atoms with Crippen molar-refractivity contribution in [2.75, 3.05) is 6.54 Å². The van der Waals surface area contributed by atoms with Gasteiger partial charge in [-0.3, -0.25) is 0 Å². The maximum absolute atomic E-state index is 10.2. The molecule has 2 N–H and O–H groups in total. The highest BCUT2D eigenvalue weighted by Gasteiger charge is 2.19. The summed E-state index contributed by atoms with van der Waals surface area (Å²) in [5.74, 6) is -0.861. The summed E-state index contributed by atoms with van der Waals surface area (Å²) in [5.41, 5.74) is 0.879. The number of carboxylic acid groups (broad SMARTS) is 1. The van der Waals surface area contributed by atoms with Crippen LogP contribution in [-0.4, -0.2) is 23.7 Å². The minimum Gasteiger partial charge on any atom is -0.478 e. The molecule has 0 bridgehead atoms. The zero-order valence-corrected chi connectivity index (χ0v) is 6.63. The minimum absolute atomic E-state index is 0.646. The second kappa shape index (κ2) is 3.53. The molecule has 0 amide bonds. The lowest BCUT2D eigenvalue weighted by Gasteiger charge is -2.00. The van der Waals surface area contributed by atoms with E-state index in [0.717, 1.165) is 5.57 Å². The van der Waals surface area contributed by atoms with Gasteiger partial charge in [0, 0.05) is 18.7 Å². The molecule has 1 fully saturated rings. The van der Waals surface area contributed by atoms with E-state index in [9.17, 15) is 4.79 Å². The number of carboxylic acids is 1. The van der Waals surface area contributed by atoms with Gasteiger partial charge in [-0.15, -0.1) is 0 Å². The quantitative estimate of drug-likeness (QED) is 0.589. The Bertz CT molecular complexity index is 183. The van der Waals surface area contributed by atoms with Crippen LogP contribution in [0.15, 0.2) is 11.6 Å². The van der Waals surface area contributed by atoms with Crippen LogP contribution in [0.4, 0.5) is 0 Å². The van der Waals surface area contributed by atoms with Crippen molar-refractivity contribution in [2.45, 2.75) is 25.8 Å². The Labute approximate surface area is 66.1 Å². The van der Waals surface area contributed by atoms with Crippen molar-refractivity contribution < 1.29 is 9.90 Å². The fraction of sp³-hybridized carbons (Fsp3) is 0.625. The van der Waals surface area contributed by atoms with Gasteiger partial charge in [-0.25, -0.2) is 4.79 Å². The summed E-state index contributed by atoms with van der Waals surface area (Å²) in [7, 11) is 0. The van der Waals surface area contributed by atoms with E-state index in [1.165, 1.54) is 18.9 Å². The second-order valence-electron chi connectivity index (χ2n) is 2.98. The second-order valence-corrected chi connectivity index (χ2v) is 2.98. The van der Waals surface area contributed by atoms with E-state index in [4.69, 9.17) is 5.11 Å². The van der Waals surface area contributed by atoms with E-state index >= 15 is 0 Å². The van der Waals surface area contributed by atoms with Crippen LogP contribution in [0.2, 0.25) is 0 Å². The molecule has 62 valence electrons. The van der Waals surface area contributed by atoms with E-state index < -0.39 is 5.97 Å². The van der Waals surface area contributed by atoms with Crippen molar-refractivity contribution in [1.82, 2.24) is 5.32 Å². The highest BCUT2D eigenvalue weighted by atomic mass is 16.4. The van der Waals surface area contributed by atoms with E-state index in [2.05, 4.69) is 5.32 Å². The SMILES string of the molecule is CC(=CC(=O)O)CNC1CC1. The highest BCUT2D eigenvalue weighted by Crippen LogP contribution is 2.18. The molecule has 1 rings (SSSR count). The first kappa shape index (κ1) is 8.27. The van der Waals surface area contributed by atoms with Gasteiger partial charge in [0.25, 0.3) is 0 Å². The lowest BCUT2D eigenvalue weighted by Crippen LogP contribution is -2.18. The topological polar surface area (TPSA) is 49.3 Å². The number of hydrogen-bond acceptors (Lipinski definition) is 2. The number of aliphatic carboxylic acids is 1. The van der Waals surface area contributed by atoms with E-state index in [0.29, 0.717) is 12.6 Å². The highest BCUT2D eigenvalue weighted by molar-refractivity contribution is 5.80.